The third-order valence-corrected chi connectivity index (χ3v) is 4.60. The fourth-order valence-electron chi connectivity index (χ4n) is 3.33. The van der Waals surface area contributed by atoms with E-state index in [1.165, 1.54) is 0 Å². The highest BCUT2D eigenvalue weighted by Gasteiger charge is 2.32. The fraction of sp³-hybridized carbons (Fsp3) is 0.182. The van der Waals surface area contributed by atoms with Gasteiger partial charge in [0.1, 0.15) is 11.3 Å². The summed E-state index contributed by atoms with van der Waals surface area (Å²) < 4.78 is 11.4. The molecule has 0 spiro atoms. The zero-order valence-corrected chi connectivity index (χ0v) is 14.1. The molecule has 0 saturated heterocycles. The van der Waals surface area contributed by atoms with Crippen molar-refractivity contribution in [1.82, 2.24) is 0 Å². The van der Waals surface area contributed by atoms with Gasteiger partial charge in [-0.05, 0) is 36.2 Å². The molecule has 0 aliphatic heterocycles. The summed E-state index contributed by atoms with van der Waals surface area (Å²) in [5.41, 5.74) is 3.68. The zero-order chi connectivity index (χ0) is 17.2. The molecule has 1 aromatic heterocycles. The summed E-state index contributed by atoms with van der Waals surface area (Å²) in [5.74, 6) is 2.55. The molecule has 0 unspecified atom stereocenters. The number of fused-ring (bicyclic) bond motifs is 1. The number of rotatable bonds is 3. The van der Waals surface area contributed by atoms with Crippen molar-refractivity contribution in [2.45, 2.75) is 19.3 Å². The lowest BCUT2D eigenvalue weighted by atomic mass is 9.88. The monoisotopic (exact) mass is 331 g/mol. The molecule has 124 valence electrons. The van der Waals surface area contributed by atoms with Crippen LogP contribution in [0.15, 0.2) is 65.1 Å². The van der Waals surface area contributed by atoms with Crippen LogP contribution in [0.3, 0.4) is 0 Å². The Morgan fingerprint density at radius 3 is 2.40 bits per heavy atom. The third-order valence-electron chi connectivity index (χ3n) is 4.60. The predicted molar refractivity (Wildman–Crippen MR) is 97.8 cm³/mol. The van der Waals surface area contributed by atoms with Crippen LogP contribution in [-0.2, 0) is 6.42 Å². The number of Topliss-reactive ketones (excluding diaryl/α,β-unsaturated/α-hetero) is 1. The van der Waals surface area contributed by atoms with E-state index in [0.29, 0.717) is 6.42 Å². The highest BCUT2D eigenvalue weighted by Crippen LogP contribution is 2.36. The van der Waals surface area contributed by atoms with Crippen molar-refractivity contribution >= 4 is 5.78 Å². The number of methoxy groups -OCH3 is 1. The number of hydrogen-bond acceptors (Lipinski definition) is 2. The second-order valence-electron chi connectivity index (χ2n) is 6.19. The molecule has 3 heteroatoms. The van der Waals surface area contributed by atoms with E-state index < -0.39 is 0 Å². The lowest BCUT2D eigenvalue weighted by molar-refractivity contribution is 0.0967. The maximum absolute atomic E-state index is 12.6. The summed E-state index contributed by atoms with van der Waals surface area (Å²) >= 11 is 0. The summed E-state index contributed by atoms with van der Waals surface area (Å²) in [6.07, 6.45) is 2.22. The fourth-order valence-corrected chi connectivity index (χ4v) is 3.33. The maximum Gasteiger partial charge on any atom is 0.360 e. The molecule has 3 nitrogen and oxygen atoms in total. The standard InChI is InChI=1S/C22H19O3/c1-24-17-12-10-15(11-13-17)18-14-21(16-6-3-2-4-7-16)25-20-9-5-8-19(23)22(18)20/h2-4,6-7,10-14H,5,8-9H2,1H3/q+1. The van der Waals surface area contributed by atoms with Crippen LogP contribution in [0.5, 0.6) is 5.75 Å². The van der Waals surface area contributed by atoms with Crippen LogP contribution < -0.4 is 4.74 Å². The van der Waals surface area contributed by atoms with Crippen LogP contribution in [0.4, 0.5) is 0 Å². The maximum atomic E-state index is 12.6. The Labute approximate surface area is 146 Å². The van der Waals surface area contributed by atoms with Crippen LogP contribution in [0.25, 0.3) is 22.5 Å². The average molecular weight is 331 g/mol. The Balaban J connectivity index is 1.92. The minimum atomic E-state index is 0.162. The number of aryl methyl sites for hydroxylation is 1. The van der Waals surface area contributed by atoms with Crippen LogP contribution >= 0.6 is 0 Å². The van der Waals surface area contributed by atoms with Gasteiger partial charge in [0.15, 0.2) is 5.78 Å². The van der Waals surface area contributed by atoms with Gasteiger partial charge in [-0.15, -0.1) is 0 Å². The minimum absolute atomic E-state index is 0.162. The van der Waals surface area contributed by atoms with Crippen LogP contribution in [0, 0.1) is 0 Å². The van der Waals surface area contributed by atoms with Crippen molar-refractivity contribution in [3.05, 3.63) is 72.0 Å². The smallest absolute Gasteiger partial charge is 0.360 e. The minimum Gasteiger partial charge on any atom is -0.497 e. The van der Waals surface area contributed by atoms with Crippen LogP contribution in [0.2, 0.25) is 0 Å². The van der Waals surface area contributed by atoms with E-state index in [1.807, 2.05) is 60.7 Å². The van der Waals surface area contributed by atoms with E-state index >= 15 is 0 Å². The molecule has 1 aliphatic carbocycles. The molecule has 0 saturated carbocycles. The van der Waals surface area contributed by atoms with Crippen molar-refractivity contribution < 1.29 is 13.9 Å². The molecule has 1 aliphatic rings. The van der Waals surface area contributed by atoms with Gasteiger partial charge < -0.3 is 4.74 Å². The van der Waals surface area contributed by atoms with E-state index in [9.17, 15) is 4.79 Å². The molecule has 1 heterocycles. The molecular weight excluding hydrogens is 312 g/mol. The first-order chi connectivity index (χ1) is 12.3. The Kier molecular flexibility index (Phi) is 4.06. The van der Waals surface area contributed by atoms with Crippen molar-refractivity contribution in [1.29, 1.82) is 0 Å². The Hall–Kier alpha value is -2.94. The number of carbonyl (C=O) groups is 1. The normalized spacial score (nSPS) is 13.4. The topological polar surface area (TPSA) is 37.6 Å². The van der Waals surface area contributed by atoms with Crippen molar-refractivity contribution in [2.24, 2.45) is 0 Å². The Morgan fingerprint density at radius 2 is 1.68 bits per heavy atom. The van der Waals surface area contributed by atoms with E-state index in [4.69, 9.17) is 9.15 Å². The number of ketones is 1. The molecule has 0 N–H and O–H groups in total. The summed E-state index contributed by atoms with van der Waals surface area (Å²) in [6, 6.07) is 19.8. The molecule has 0 radical (unpaired) electrons. The van der Waals surface area contributed by atoms with E-state index in [1.54, 1.807) is 7.11 Å². The molecule has 0 amide bonds. The van der Waals surface area contributed by atoms with E-state index in [2.05, 4.69) is 0 Å². The highest BCUT2D eigenvalue weighted by molar-refractivity contribution is 6.04. The van der Waals surface area contributed by atoms with Gasteiger partial charge in [0.25, 0.3) is 0 Å². The SMILES string of the molecule is COc1ccc(-c2cc(-c3ccccc3)[o+]c3c2C(=O)CCC3)cc1. The van der Waals surface area contributed by atoms with Gasteiger partial charge in [-0.25, -0.2) is 4.42 Å². The molecular formula is C22H19O3+. The van der Waals surface area contributed by atoms with Gasteiger partial charge in [0.05, 0.1) is 25.2 Å². The molecule has 0 atom stereocenters. The van der Waals surface area contributed by atoms with Gasteiger partial charge in [-0.2, -0.15) is 0 Å². The van der Waals surface area contributed by atoms with Crippen molar-refractivity contribution in [3.63, 3.8) is 0 Å². The second kappa shape index (κ2) is 6.52. The Bertz CT molecular complexity index is 912. The summed E-state index contributed by atoms with van der Waals surface area (Å²) in [6.45, 7) is 0. The summed E-state index contributed by atoms with van der Waals surface area (Å²) in [5, 5.41) is 0. The van der Waals surface area contributed by atoms with Gasteiger partial charge in [-0.3, -0.25) is 4.79 Å². The first kappa shape index (κ1) is 15.6. The predicted octanol–water partition coefficient (Wildman–Crippen LogP) is 5.42. The lowest BCUT2D eigenvalue weighted by Gasteiger charge is -2.12. The first-order valence-electron chi connectivity index (χ1n) is 8.49. The molecule has 0 fully saturated rings. The van der Waals surface area contributed by atoms with Crippen molar-refractivity contribution in [2.75, 3.05) is 7.11 Å². The molecule has 2 aromatic carbocycles. The average Bonchev–Trinajstić information content (AvgIpc) is 2.68. The quantitative estimate of drug-likeness (QED) is 0.601. The summed E-state index contributed by atoms with van der Waals surface area (Å²) in [7, 11) is 1.65. The first-order valence-corrected chi connectivity index (χ1v) is 8.49. The van der Waals surface area contributed by atoms with E-state index in [0.717, 1.165) is 52.4 Å². The molecule has 3 aromatic rings. The zero-order valence-electron chi connectivity index (χ0n) is 14.1. The van der Waals surface area contributed by atoms with Gasteiger partial charge in [0.2, 0.25) is 0 Å². The molecule has 25 heavy (non-hydrogen) atoms. The summed E-state index contributed by atoms with van der Waals surface area (Å²) in [4.78, 5) is 12.6. The van der Waals surface area contributed by atoms with Gasteiger partial charge >= 0.3 is 11.5 Å². The van der Waals surface area contributed by atoms with Gasteiger partial charge in [-0.1, -0.05) is 30.3 Å². The van der Waals surface area contributed by atoms with Crippen molar-refractivity contribution in [3.8, 4) is 28.2 Å². The largest absolute Gasteiger partial charge is 0.497 e. The third kappa shape index (κ3) is 2.93. The molecule has 0 bridgehead atoms. The Morgan fingerprint density at radius 1 is 0.920 bits per heavy atom. The second-order valence-corrected chi connectivity index (χ2v) is 6.19. The molecule has 4 rings (SSSR count). The number of ether oxygens (including phenoxy) is 1. The highest BCUT2D eigenvalue weighted by atomic mass is 16.5. The van der Waals surface area contributed by atoms with E-state index in [-0.39, 0.29) is 5.78 Å². The number of benzene rings is 2. The van der Waals surface area contributed by atoms with Crippen LogP contribution in [-0.4, -0.2) is 12.9 Å². The van der Waals surface area contributed by atoms with Gasteiger partial charge in [0, 0.05) is 12.0 Å². The lowest BCUT2D eigenvalue weighted by Crippen LogP contribution is -2.12. The van der Waals surface area contributed by atoms with Crippen LogP contribution in [0.1, 0.15) is 29.0 Å². The number of hydrogen-bond donors (Lipinski definition) is 0. The number of carbonyl (C=O) groups excluding carboxylic acids is 1.